The maximum atomic E-state index is 12.4. The minimum Gasteiger partial charge on any atom is -0.478 e. The molecule has 1 aromatic heterocycles. The highest BCUT2D eigenvalue weighted by molar-refractivity contribution is 6.13. The number of pyridine rings is 1. The molecule has 0 saturated carbocycles. The quantitative estimate of drug-likeness (QED) is 0.868. The molecule has 22 heavy (non-hydrogen) atoms. The lowest BCUT2D eigenvalue weighted by molar-refractivity contribution is 0.0691. The molecule has 0 spiro atoms. The Morgan fingerprint density at radius 2 is 1.59 bits per heavy atom. The number of carboxylic acid groups (broad SMARTS) is 1. The number of hydrogen-bond donors (Lipinski definition) is 1. The molecule has 112 valence electrons. The molecule has 0 saturated heterocycles. The van der Waals surface area contributed by atoms with E-state index in [1.807, 2.05) is 0 Å². The van der Waals surface area contributed by atoms with Crippen molar-refractivity contribution in [2.75, 3.05) is 14.1 Å². The van der Waals surface area contributed by atoms with Crippen molar-refractivity contribution in [1.29, 1.82) is 0 Å². The second kappa shape index (κ2) is 6.17. The number of amides is 1. The molecule has 0 radical (unpaired) electrons. The lowest BCUT2D eigenvalue weighted by atomic mass is 10.0. The second-order valence-corrected chi connectivity index (χ2v) is 4.81. The van der Waals surface area contributed by atoms with Crippen LogP contribution in [0.3, 0.4) is 0 Å². The van der Waals surface area contributed by atoms with E-state index in [4.69, 9.17) is 5.11 Å². The van der Waals surface area contributed by atoms with Crippen LogP contribution in [0.2, 0.25) is 0 Å². The molecule has 1 N–H and O–H groups in total. The molecule has 1 aromatic carbocycles. The van der Waals surface area contributed by atoms with Gasteiger partial charge in [-0.25, -0.2) is 4.79 Å². The summed E-state index contributed by atoms with van der Waals surface area (Å²) in [5, 5.41) is 9.10. The molecule has 1 amide bonds. The number of hydrogen-bond acceptors (Lipinski definition) is 4. The van der Waals surface area contributed by atoms with Crippen LogP contribution in [0, 0.1) is 0 Å². The molecule has 0 unspecified atom stereocenters. The van der Waals surface area contributed by atoms with Crippen LogP contribution >= 0.6 is 0 Å². The number of rotatable bonds is 4. The van der Waals surface area contributed by atoms with Crippen LogP contribution in [-0.2, 0) is 0 Å². The predicted octanol–water partition coefficient (Wildman–Crippen LogP) is 1.71. The van der Waals surface area contributed by atoms with E-state index in [-0.39, 0.29) is 22.7 Å². The van der Waals surface area contributed by atoms with Gasteiger partial charge in [-0.15, -0.1) is 0 Å². The first-order valence-electron chi connectivity index (χ1n) is 6.46. The molecule has 2 rings (SSSR count). The van der Waals surface area contributed by atoms with E-state index in [2.05, 4.69) is 4.98 Å². The summed E-state index contributed by atoms with van der Waals surface area (Å²) >= 11 is 0. The molecule has 2 aromatic rings. The fraction of sp³-hybridized carbons (Fsp3) is 0.125. The summed E-state index contributed by atoms with van der Waals surface area (Å²) in [4.78, 5) is 40.6. The Kier molecular flexibility index (Phi) is 4.31. The van der Waals surface area contributed by atoms with Gasteiger partial charge in [-0.05, 0) is 24.3 Å². The van der Waals surface area contributed by atoms with Crippen molar-refractivity contribution in [3.8, 4) is 0 Å². The maximum absolute atomic E-state index is 12.4. The van der Waals surface area contributed by atoms with Gasteiger partial charge in [0.25, 0.3) is 5.91 Å². The largest absolute Gasteiger partial charge is 0.478 e. The van der Waals surface area contributed by atoms with Crippen LogP contribution < -0.4 is 0 Å². The molecule has 0 fully saturated rings. The van der Waals surface area contributed by atoms with Gasteiger partial charge in [0, 0.05) is 31.4 Å². The number of nitrogens with zero attached hydrogens (tertiary/aromatic N) is 2. The predicted molar refractivity (Wildman–Crippen MR) is 79.1 cm³/mol. The van der Waals surface area contributed by atoms with Gasteiger partial charge in [0.15, 0.2) is 0 Å². The van der Waals surface area contributed by atoms with E-state index < -0.39 is 11.8 Å². The Hall–Kier alpha value is -3.02. The normalized spacial score (nSPS) is 10.1. The standard InChI is InChI=1S/C16H14N2O4/c1-18(2)15(20)11-7-5-10(6-8-11)14(19)13-12(16(21)22)4-3-9-17-13/h3-9H,1-2H3,(H,21,22). The van der Waals surface area contributed by atoms with E-state index in [0.29, 0.717) is 5.56 Å². The monoisotopic (exact) mass is 298 g/mol. The Balaban J connectivity index is 2.35. The van der Waals surface area contributed by atoms with Crippen molar-refractivity contribution in [2.24, 2.45) is 0 Å². The zero-order valence-corrected chi connectivity index (χ0v) is 12.1. The van der Waals surface area contributed by atoms with Gasteiger partial charge in [0.1, 0.15) is 5.69 Å². The van der Waals surface area contributed by atoms with Crippen LogP contribution in [0.4, 0.5) is 0 Å². The highest BCUT2D eigenvalue weighted by Crippen LogP contribution is 2.14. The minimum atomic E-state index is -1.21. The molecule has 0 atom stereocenters. The van der Waals surface area contributed by atoms with Crippen molar-refractivity contribution in [3.05, 3.63) is 65.0 Å². The molecular weight excluding hydrogens is 284 g/mol. The molecule has 6 heteroatoms. The van der Waals surface area contributed by atoms with E-state index in [9.17, 15) is 14.4 Å². The van der Waals surface area contributed by atoms with Gasteiger partial charge in [0.05, 0.1) is 5.56 Å². The highest BCUT2D eigenvalue weighted by atomic mass is 16.4. The lowest BCUT2D eigenvalue weighted by Crippen LogP contribution is -2.21. The number of carbonyl (C=O) groups excluding carboxylic acids is 2. The van der Waals surface area contributed by atoms with Crippen LogP contribution in [0.1, 0.15) is 36.8 Å². The lowest BCUT2D eigenvalue weighted by Gasteiger charge is -2.10. The first kappa shape index (κ1) is 15.4. The van der Waals surface area contributed by atoms with E-state index in [1.54, 1.807) is 14.1 Å². The smallest absolute Gasteiger partial charge is 0.338 e. The summed E-state index contributed by atoms with van der Waals surface area (Å²) in [5.74, 6) is -1.89. The van der Waals surface area contributed by atoms with Crippen LogP contribution in [0.5, 0.6) is 0 Å². The third-order valence-corrected chi connectivity index (χ3v) is 3.05. The first-order valence-corrected chi connectivity index (χ1v) is 6.46. The minimum absolute atomic E-state index is 0.123. The number of benzene rings is 1. The van der Waals surface area contributed by atoms with Gasteiger partial charge < -0.3 is 10.0 Å². The third-order valence-electron chi connectivity index (χ3n) is 3.05. The Morgan fingerprint density at radius 1 is 1.00 bits per heavy atom. The summed E-state index contributed by atoms with van der Waals surface area (Å²) in [7, 11) is 3.27. The molecule has 0 aliphatic heterocycles. The van der Waals surface area contributed by atoms with E-state index >= 15 is 0 Å². The number of aromatic carboxylic acids is 1. The highest BCUT2D eigenvalue weighted by Gasteiger charge is 2.19. The Morgan fingerprint density at radius 3 is 2.14 bits per heavy atom. The van der Waals surface area contributed by atoms with E-state index in [0.717, 1.165) is 0 Å². The van der Waals surface area contributed by atoms with Crippen molar-refractivity contribution >= 4 is 17.7 Å². The number of ketones is 1. The van der Waals surface area contributed by atoms with E-state index in [1.165, 1.54) is 47.5 Å². The number of carbonyl (C=O) groups is 3. The fourth-order valence-electron chi connectivity index (χ4n) is 1.92. The Labute approximate surface area is 127 Å². The molecule has 0 aliphatic carbocycles. The zero-order chi connectivity index (χ0) is 16.3. The number of aromatic nitrogens is 1. The topological polar surface area (TPSA) is 87.6 Å². The second-order valence-electron chi connectivity index (χ2n) is 4.81. The number of carboxylic acids is 1. The van der Waals surface area contributed by atoms with Gasteiger partial charge in [0.2, 0.25) is 5.78 Å². The summed E-state index contributed by atoms with van der Waals surface area (Å²) < 4.78 is 0. The van der Waals surface area contributed by atoms with Gasteiger partial charge >= 0.3 is 5.97 Å². The summed E-state index contributed by atoms with van der Waals surface area (Å²) in [5.41, 5.74) is 0.445. The molecule has 0 bridgehead atoms. The summed E-state index contributed by atoms with van der Waals surface area (Å²) in [6.45, 7) is 0. The fourth-order valence-corrected chi connectivity index (χ4v) is 1.92. The van der Waals surface area contributed by atoms with Crippen molar-refractivity contribution in [2.45, 2.75) is 0 Å². The zero-order valence-electron chi connectivity index (χ0n) is 12.1. The van der Waals surface area contributed by atoms with Crippen LogP contribution in [0.25, 0.3) is 0 Å². The average molecular weight is 298 g/mol. The maximum Gasteiger partial charge on any atom is 0.338 e. The third kappa shape index (κ3) is 3.01. The summed E-state index contributed by atoms with van der Waals surface area (Å²) in [6, 6.07) is 8.81. The molecule has 6 nitrogen and oxygen atoms in total. The van der Waals surface area contributed by atoms with Crippen LogP contribution in [-0.4, -0.2) is 46.7 Å². The molecule has 0 aliphatic rings. The average Bonchev–Trinajstić information content (AvgIpc) is 2.53. The SMILES string of the molecule is CN(C)C(=O)c1ccc(C(=O)c2ncccc2C(=O)O)cc1. The van der Waals surface area contributed by atoms with Crippen molar-refractivity contribution in [1.82, 2.24) is 9.88 Å². The van der Waals surface area contributed by atoms with Crippen LogP contribution in [0.15, 0.2) is 42.6 Å². The van der Waals surface area contributed by atoms with Gasteiger partial charge in [-0.3, -0.25) is 14.6 Å². The van der Waals surface area contributed by atoms with Gasteiger partial charge in [-0.1, -0.05) is 12.1 Å². The molecular formula is C16H14N2O4. The first-order chi connectivity index (χ1) is 10.4. The van der Waals surface area contributed by atoms with Crippen molar-refractivity contribution in [3.63, 3.8) is 0 Å². The Bertz CT molecular complexity index is 736. The van der Waals surface area contributed by atoms with Gasteiger partial charge in [-0.2, -0.15) is 0 Å². The molecule has 1 heterocycles. The summed E-state index contributed by atoms with van der Waals surface area (Å²) in [6.07, 6.45) is 1.36. The van der Waals surface area contributed by atoms with Crippen molar-refractivity contribution < 1.29 is 19.5 Å².